The molecule has 5 heteroatoms. The lowest BCUT2D eigenvalue weighted by atomic mass is 10.0. The van der Waals surface area contributed by atoms with Gasteiger partial charge in [-0.15, -0.1) is 0 Å². The van der Waals surface area contributed by atoms with Crippen molar-refractivity contribution in [3.05, 3.63) is 73.3 Å². The number of halogens is 1. The molecule has 0 heterocycles. The summed E-state index contributed by atoms with van der Waals surface area (Å²) in [5.41, 5.74) is 0.807. The summed E-state index contributed by atoms with van der Waals surface area (Å²) in [6, 6.07) is 13.0. The summed E-state index contributed by atoms with van der Waals surface area (Å²) < 4.78 is 0.701. The van der Waals surface area contributed by atoms with Gasteiger partial charge in [0.1, 0.15) is 0 Å². The molecule has 0 atom stereocenters. The maximum absolute atomic E-state index is 12.2. The smallest absolute Gasteiger partial charge is 0.270 e. The second-order valence-electron chi connectivity index (χ2n) is 3.62. The maximum atomic E-state index is 12.2. The van der Waals surface area contributed by atoms with Crippen LogP contribution in [-0.4, -0.2) is 10.7 Å². The zero-order valence-corrected chi connectivity index (χ0v) is 11.3. The zero-order chi connectivity index (χ0) is 13.1. The summed E-state index contributed by atoms with van der Waals surface area (Å²) in [4.78, 5) is 22.4. The first-order chi connectivity index (χ1) is 8.59. The second-order valence-corrected chi connectivity index (χ2v) is 4.78. The third-order valence-corrected chi connectivity index (χ3v) is 3.38. The average molecular weight is 353 g/mol. The summed E-state index contributed by atoms with van der Waals surface area (Å²) in [5, 5.41) is 10.7. The minimum atomic E-state index is -0.502. The number of non-ortho nitro benzene ring substituents is 1. The first-order valence-corrected chi connectivity index (χ1v) is 6.21. The van der Waals surface area contributed by atoms with Crippen LogP contribution in [0.3, 0.4) is 0 Å². The number of carbonyl (C=O) groups excluding carboxylic acids is 1. The third-order valence-electron chi connectivity index (χ3n) is 2.44. The Kier molecular flexibility index (Phi) is 3.71. The Labute approximate surface area is 117 Å². The van der Waals surface area contributed by atoms with Crippen molar-refractivity contribution in [2.24, 2.45) is 0 Å². The normalized spacial score (nSPS) is 10.1. The van der Waals surface area contributed by atoms with Crippen molar-refractivity contribution in [3.63, 3.8) is 0 Å². The van der Waals surface area contributed by atoms with Gasteiger partial charge in [0.25, 0.3) is 5.69 Å². The van der Waals surface area contributed by atoms with Gasteiger partial charge in [0.15, 0.2) is 5.78 Å². The molecule has 0 aliphatic heterocycles. The highest BCUT2D eigenvalue weighted by atomic mass is 127. The molecule has 18 heavy (non-hydrogen) atoms. The van der Waals surface area contributed by atoms with Gasteiger partial charge in [0.05, 0.1) is 4.92 Å². The van der Waals surface area contributed by atoms with Gasteiger partial charge in [0.2, 0.25) is 0 Å². The Morgan fingerprint density at radius 3 is 2.39 bits per heavy atom. The fraction of sp³-hybridized carbons (Fsp3) is 0. The molecule has 0 bridgehead atoms. The first-order valence-electron chi connectivity index (χ1n) is 5.13. The number of benzene rings is 2. The Bertz CT molecular complexity index is 611. The van der Waals surface area contributed by atoms with Crippen molar-refractivity contribution in [2.45, 2.75) is 0 Å². The first kappa shape index (κ1) is 12.7. The monoisotopic (exact) mass is 353 g/mol. The van der Waals surface area contributed by atoms with Crippen molar-refractivity contribution in [3.8, 4) is 0 Å². The van der Waals surface area contributed by atoms with Crippen LogP contribution in [0.15, 0.2) is 48.5 Å². The summed E-state index contributed by atoms with van der Waals surface area (Å²) in [7, 11) is 0. The minimum Gasteiger partial charge on any atom is -0.289 e. The molecule has 0 aliphatic rings. The van der Waals surface area contributed by atoms with Crippen LogP contribution < -0.4 is 0 Å². The van der Waals surface area contributed by atoms with Crippen molar-refractivity contribution < 1.29 is 9.72 Å². The fourth-order valence-electron chi connectivity index (χ4n) is 1.55. The Morgan fingerprint density at radius 1 is 1.11 bits per heavy atom. The van der Waals surface area contributed by atoms with Crippen molar-refractivity contribution in [2.75, 3.05) is 0 Å². The van der Waals surface area contributed by atoms with Gasteiger partial charge in [0, 0.05) is 26.8 Å². The van der Waals surface area contributed by atoms with E-state index in [4.69, 9.17) is 0 Å². The van der Waals surface area contributed by atoms with E-state index in [9.17, 15) is 14.9 Å². The molecule has 2 rings (SSSR count). The maximum Gasteiger partial charge on any atom is 0.270 e. The summed E-state index contributed by atoms with van der Waals surface area (Å²) in [5.74, 6) is -0.205. The molecule has 0 unspecified atom stereocenters. The van der Waals surface area contributed by atoms with E-state index < -0.39 is 4.92 Å². The van der Waals surface area contributed by atoms with Crippen LogP contribution in [0.25, 0.3) is 0 Å². The molecule has 0 amide bonds. The lowest BCUT2D eigenvalue weighted by Crippen LogP contribution is -2.04. The molecule has 4 nitrogen and oxygen atoms in total. The topological polar surface area (TPSA) is 60.2 Å². The molecule has 2 aromatic carbocycles. The Morgan fingerprint density at radius 2 is 1.78 bits per heavy atom. The van der Waals surface area contributed by atoms with E-state index in [0.29, 0.717) is 14.7 Å². The van der Waals surface area contributed by atoms with Crippen molar-refractivity contribution >= 4 is 34.1 Å². The van der Waals surface area contributed by atoms with Crippen LogP contribution in [0.5, 0.6) is 0 Å². The molecule has 0 saturated heterocycles. The fourth-order valence-corrected chi connectivity index (χ4v) is 2.13. The molecule has 0 spiro atoms. The standard InChI is InChI=1S/C13H8INO3/c14-12-7-6-10(15(17)18)8-11(12)13(16)9-4-2-1-3-5-9/h1-8H. The van der Waals surface area contributed by atoms with Gasteiger partial charge >= 0.3 is 0 Å². The molecule has 0 N–H and O–H groups in total. The predicted molar refractivity (Wildman–Crippen MR) is 75.7 cm³/mol. The van der Waals surface area contributed by atoms with Gasteiger partial charge in [-0.2, -0.15) is 0 Å². The lowest BCUT2D eigenvalue weighted by molar-refractivity contribution is -0.384. The van der Waals surface area contributed by atoms with Gasteiger partial charge in [-0.1, -0.05) is 30.3 Å². The number of hydrogen-bond donors (Lipinski definition) is 0. The van der Waals surface area contributed by atoms with E-state index in [1.54, 1.807) is 30.3 Å². The minimum absolute atomic E-state index is 0.0744. The third kappa shape index (κ3) is 2.56. The number of nitrogens with zero attached hydrogens (tertiary/aromatic N) is 1. The van der Waals surface area contributed by atoms with Crippen molar-refractivity contribution in [1.82, 2.24) is 0 Å². The zero-order valence-electron chi connectivity index (χ0n) is 9.17. The molecule has 0 fully saturated rings. The van der Waals surface area contributed by atoms with Crippen LogP contribution in [0.1, 0.15) is 15.9 Å². The molecule has 0 radical (unpaired) electrons. The molecular weight excluding hydrogens is 345 g/mol. The molecule has 0 aromatic heterocycles. The Hall–Kier alpha value is -1.76. The summed E-state index contributed by atoms with van der Waals surface area (Å²) >= 11 is 2.00. The van der Waals surface area contributed by atoms with E-state index in [2.05, 4.69) is 0 Å². The second kappa shape index (κ2) is 5.26. The predicted octanol–water partition coefficient (Wildman–Crippen LogP) is 3.43. The number of hydrogen-bond acceptors (Lipinski definition) is 3. The number of ketones is 1. The number of nitro groups is 1. The molecule has 90 valence electrons. The van der Waals surface area contributed by atoms with E-state index in [0.717, 1.165) is 0 Å². The van der Waals surface area contributed by atoms with Crippen LogP contribution in [0.4, 0.5) is 5.69 Å². The molecule has 0 saturated carbocycles. The van der Waals surface area contributed by atoms with Gasteiger partial charge in [-0.05, 0) is 28.7 Å². The molecular formula is C13H8INO3. The largest absolute Gasteiger partial charge is 0.289 e. The highest BCUT2D eigenvalue weighted by molar-refractivity contribution is 14.1. The van der Waals surface area contributed by atoms with Crippen molar-refractivity contribution in [1.29, 1.82) is 0 Å². The van der Waals surface area contributed by atoms with Gasteiger partial charge in [-0.25, -0.2) is 0 Å². The summed E-state index contributed by atoms with van der Waals surface area (Å²) in [6.45, 7) is 0. The van der Waals surface area contributed by atoms with Crippen LogP contribution in [0.2, 0.25) is 0 Å². The van der Waals surface area contributed by atoms with Crippen LogP contribution >= 0.6 is 22.6 Å². The quantitative estimate of drug-likeness (QED) is 0.368. The molecule has 2 aromatic rings. The number of rotatable bonds is 3. The SMILES string of the molecule is O=C(c1ccccc1)c1cc([N+](=O)[O-])ccc1I. The Balaban J connectivity index is 2.48. The van der Waals surface area contributed by atoms with E-state index in [1.807, 2.05) is 28.7 Å². The van der Waals surface area contributed by atoms with E-state index >= 15 is 0 Å². The highest BCUT2D eigenvalue weighted by Gasteiger charge is 2.16. The molecule has 0 aliphatic carbocycles. The lowest BCUT2D eigenvalue weighted by Gasteiger charge is -2.03. The van der Waals surface area contributed by atoms with E-state index in [1.165, 1.54) is 12.1 Å². The average Bonchev–Trinajstić information content (AvgIpc) is 2.39. The number of carbonyl (C=O) groups is 1. The highest BCUT2D eigenvalue weighted by Crippen LogP contribution is 2.22. The summed E-state index contributed by atoms with van der Waals surface area (Å²) in [6.07, 6.45) is 0. The van der Waals surface area contributed by atoms with Crippen LogP contribution in [-0.2, 0) is 0 Å². The van der Waals surface area contributed by atoms with Gasteiger partial charge in [-0.3, -0.25) is 14.9 Å². The van der Waals surface area contributed by atoms with Crippen LogP contribution in [0, 0.1) is 13.7 Å². The number of nitro benzene ring substituents is 1. The van der Waals surface area contributed by atoms with Gasteiger partial charge < -0.3 is 0 Å². The van der Waals surface area contributed by atoms with E-state index in [-0.39, 0.29) is 11.5 Å².